The van der Waals surface area contributed by atoms with Gasteiger partial charge in [-0.05, 0) is 30.3 Å². The first-order chi connectivity index (χ1) is 16.6. The van der Waals surface area contributed by atoms with E-state index in [1.54, 1.807) is 18.2 Å². The second kappa shape index (κ2) is 9.11. The topological polar surface area (TPSA) is 92.1 Å². The van der Waals surface area contributed by atoms with E-state index in [4.69, 9.17) is 23.5 Å². The summed E-state index contributed by atoms with van der Waals surface area (Å²) in [5, 5.41) is 7.11. The molecule has 4 aromatic rings. The number of rotatable bonds is 6. The molecule has 1 aliphatic heterocycles. The van der Waals surface area contributed by atoms with Gasteiger partial charge in [0.25, 0.3) is 5.91 Å². The van der Waals surface area contributed by atoms with Gasteiger partial charge in [0.1, 0.15) is 5.69 Å². The van der Waals surface area contributed by atoms with E-state index in [2.05, 4.69) is 26.4 Å². The van der Waals surface area contributed by atoms with Crippen molar-refractivity contribution in [1.29, 1.82) is 0 Å². The van der Waals surface area contributed by atoms with Crippen molar-refractivity contribution in [3.8, 4) is 45.4 Å². The van der Waals surface area contributed by atoms with Gasteiger partial charge in [0.05, 0.1) is 19.8 Å². The molecule has 1 aromatic heterocycles. The molecular formula is C25H19BrN2O6. The van der Waals surface area contributed by atoms with E-state index >= 15 is 0 Å². The highest BCUT2D eigenvalue weighted by atomic mass is 79.9. The van der Waals surface area contributed by atoms with Gasteiger partial charge in [-0.15, -0.1) is 0 Å². The number of hydrogen-bond acceptors (Lipinski definition) is 7. The zero-order valence-corrected chi connectivity index (χ0v) is 19.8. The van der Waals surface area contributed by atoms with Gasteiger partial charge in [0.2, 0.25) is 24.1 Å². The molecule has 0 atom stereocenters. The van der Waals surface area contributed by atoms with Crippen LogP contribution in [0.1, 0.15) is 10.6 Å². The van der Waals surface area contributed by atoms with Crippen molar-refractivity contribution in [3.05, 3.63) is 70.9 Å². The van der Waals surface area contributed by atoms with E-state index in [-0.39, 0.29) is 12.6 Å². The lowest BCUT2D eigenvalue weighted by Gasteiger charge is -2.15. The molecule has 0 spiro atoms. The van der Waals surface area contributed by atoms with Gasteiger partial charge in [-0.25, -0.2) is 0 Å². The molecule has 2 heterocycles. The lowest BCUT2D eigenvalue weighted by molar-refractivity contribution is 0.0989. The third kappa shape index (κ3) is 3.84. The van der Waals surface area contributed by atoms with Crippen LogP contribution in [-0.4, -0.2) is 32.1 Å². The standard InChI is InChI=1S/C25H19BrN2O6/c1-30-18-12-17(21(31-2)24-22(18)32-13-33-24)19-20(14-6-4-3-5-7-14)28-34-23(19)25(29)27-16-10-8-15(26)9-11-16/h3-12H,13H2,1-2H3,(H,27,29). The van der Waals surface area contributed by atoms with Gasteiger partial charge in [-0.2, -0.15) is 0 Å². The summed E-state index contributed by atoms with van der Waals surface area (Å²) in [6.45, 7) is 0.0254. The molecule has 1 amide bonds. The summed E-state index contributed by atoms with van der Waals surface area (Å²) in [6.07, 6.45) is 0. The quantitative estimate of drug-likeness (QED) is 0.343. The van der Waals surface area contributed by atoms with Crippen LogP contribution in [0, 0.1) is 0 Å². The van der Waals surface area contributed by atoms with Crippen LogP contribution in [0.4, 0.5) is 5.69 Å². The number of fused-ring (bicyclic) bond motifs is 1. The fraction of sp³-hybridized carbons (Fsp3) is 0.120. The highest BCUT2D eigenvalue weighted by Crippen LogP contribution is 2.54. The van der Waals surface area contributed by atoms with E-state index in [1.807, 2.05) is 42.5 Å². The number of hydrogen-bond donors (Lipinski definition) is 1. The molecule has 0 bridgehead atoms. The zero-order chi connectivity index (χ0) is 23.7. The number of carbonyl (C=O) groups excluding carboxylic acids is 1. The summed E-state index contributed by atoms with van der Waals surface area (Å²) < 4.78 is 29.0. The highest BCUT2D eigenvalue weighted by molar-refractivity contribution is 9.10. The second-order valence-electron chi connectivity index (χ2n) is 7.29. The first-order valence-electron chi connectivity index (χ1n) is 10.3. The van der Waals surface area contributed by atoms with Crippen molar-refractivity contribution in [3.63, 3.8) is 0 Å². The number of anilines is 1. The maximum Gasteiger partial charge on any atom is 0.294 e. The van der Waals surface area contributed by atoms with Gasteiger partial charge in [0.15, 0.2) is 11.5 Å². The van der Waals surface area contributed by atoms with Gasteiger partial charge >= 0.3 is 0 Å². The number of amides is 1. The largest absolute Gasteiger partial charge is 0.493 e. The van der Waals surface area contributed by atoms with Crippen LogP contribution in [0.2, 0.25) is 0 Å². The molecule has 3 aromatic carbocycles. The Morgan fingerprint density at radius 1 is 1.00 bits per heavy atom. The van der Waals surface area contributed by atoms with E-state index < -0.39 is 5.91 Å². The Balaban J connectivity index is 1.70. The van der Waals surface area contributed by atoms with Crippen LogP contribution in [0.3, 0.4) is 0 Å². The number of nitrogens with zero attached hydrogens (tertiary/aromatic N) is 1. The Bertz CT molecular complexity index is 1350. The number of carbonyl (C=O) groups is 1. The van der Waals surface area contributed by atoms with E-state index in [1.165, 1.54) is 14.2 Å². The lowest BCUT2D eigenvalue weighted by atomic mass is 9.97. The van der Waals surface area contributed by atoms with E-state index in [0.717, 1.165) is 10.0 Å². The molecule has 0 radical (unpaired) electrons. The van der Waals surface area contributed by atoms with Crippen molar-refractivity contribution in [2.75, 3.05) is 26.3 Å². The summed E-state index contributed by atoms with van der Waals surface area (Å²) in [4.78, 5) is 13.3. The first kappa shape index (κ1) is 21.8. The molecule has 34 heavy (non-hydrogen) atoms. The third-order valence-electron chi connectivity index (χ3n) is 5.30. The number of methoxy groups -OCH3 is 2. The Hall–Kier alpha value is -3.98. The van der Waals surface area contributed by atoms with Crippen molar-refractivity contribution < 1.29 is 28.3 Å². The van der Waals surface area contributed by atoms with Crippen molar-refractivity contribution in [2.45, 2.75) is 0 Å². The molecule has 172 valence electrons. The number of benzene rings is 3. The number of halogens is 1. The maximum atomic E-state index is 13.3. The summed E-state index contributed by atoms with van der Waals surface area (Å²) >= 11 is 3.39. The molecule has 0 saturated heterocycles. The van der Waals surface area contributed by atoms with Crippen LogP contribution in [0.25, 0.3) is 22.4 Å². The summed E-state index contributed by atoms with van der Waals surface area (Å²) in [7, 11) is 3.05. The van der Waals surface area contributed by atoms with Crippen LogP contribution in [-0.2, 0) is 0 Å². The summed E-state index contributed by atoms with van der Waals surface area (Å²) in [6, 6.07) is 18.4. The van der Waals surface area contributed by atoms with Crippen LogP contribution in [0.5, 0.6) is 23.0 Å². The average Bonchev–Trinajstić information content (AvgIpc) is 3.53. The molecule has 0 unspecified atom stereocenters. The molecule has 0 fully saturated rings. The molecule has 1 N–H and O–H groups in total. The molecule has 5 rings (SSSR count). The van der Waals surface area contributed by atoms with Crippen LogP contribution < -0.4 is 24.3 Å². The smallest absolute Gasteiger partial charge is 0.294 e. The van der Waals surface area contributed by atoms with Gasteiger partial charge in [0, 0.05) is 21.3 Å². The van der Waals surface area contributed by atoms with Crippen molar-refractivity contribution in [1.82, 2.24) is 5.16 Å². The van der Waals surface area contributed by atoms with E-state index in [0.29, 0.717) is 45.5 Å². The first-order valence-corrected chi connectivity index (χ1v) is 11.1. The Kier molecular flexibility index (Phi) is 5.85. The summed E-state index contributed by atoms with van der Waals surface area (Å²) in [5.41, 5.74) is 2.80. The SMILES string of the molecule is COc1cc(-c2c(-c3ccccc3)noc2C(=O)Nc2ccc(Br)cc2)c(OC)c2c1OCO2. The van der Waals surface area contributed by atoms with Crippen LogP contribution >= 0.6 is 15.9 Å². The molecular weight excluding hydrogens is 504 g/mol. The van der Waals surface area contributed by atoms with Gasteiger partial charge in [-0.1, -0.05) is 51.4 Å². The minimum Gasteiger partial charge on any atom is -0.493 e. The predicted molar refractivity (Wildman–Crippen MR) is 129 cm³/mol. The van der Waals surface area contributed by atoms with Crippen molar-refractivity contribution >= 4 is 27.5 Å². The lowest BCUT2D eigenvalue weighted by Crippen LogP contribution is -2.12. The highest BCUT2D eigenvalue weighted by Gasteiger charge is 2.33. The normalized spacial score (nSPS) is 11.9. The Morgan fingerprint density at radius 2 is 1.74 bits per heavy atom. The van der Waals surface area contributed by atoms with E-state index in [9.17, 15) is 4.79 Å². The second-order valence-corrected chi connectivity index (χ2v) is 8.20. The third-order valence-corrected chi connectivity index (χ3v) is 5.83. The predicted octanol–water partition coefficient (Wildman–Crippen LogP) is 5.77. The minimum atomic E-state index is -0.467. The summed E-state index contributed by atoms with van der Waals surface area (Å²) in [5.74, 6) is 1.18. The molecule has 1 aliphatic rings. The minimum absolute atomic E-state index is 0.0148. The molecule has 9 heteroatoms. The molecule has 8 nitrogen and oxygen atoms in total. The fourth-order valence-corrected chi connectivity index (χ4v) is 4.03. The van der Waals surface area contributed by atoms with Gasteiger partial charge < -0.3 is 28.8 Å². The fourth-order valence-electron chi connectivity index (χ4n) is 3.76. The molecule has 0 aliphatic carbocycles. The monoisotopic (exact) mass is 522 g/mol. The average molecular weight is 523 g/mol. The number of aromatic nitrogens is 1. The molecule has 0 saturated carbocycles. The van der Waals surface area contributed by atoms with Gasteiger partial charge in [-0.3, -0.25) is 4.79 Å². The maximum absolute atomic E-state index is 13.3. The zero-order valence-electron chi connectivity index (χ0n) is 18.3. The van der Waals surface area contributed by atoms with Crippen molar-refractivity contribution in [2.24, 2.45) is 0 Å². The van der Waals surface area contributed by atoms with Crippen LogP contribution in [0.15, 0.2) is 69.7 Å². The number of nitrogens with one attached hydrogen (secondary N) is 1. The number of ether oxygens (including phenoxy) is 4. The Morgan fingerprint density at radius 3 is 2.44 bits per heavy atom. The Labute approximate surface area is 203 Å².